The number of carboxylic acids is 1. The number of hydrogen-bond donors (Lipinski definition) is 1. The molecule has 0 atom stereocenters. The molecule has 0 aliphatic rings. The molecule has 1 aromatic carbocycles. The third-order valence-corrected chi connectivity index (χ3v) is 2.43. The predicted octanol–water partition coefficient (Wildman–Crippen LogP) is 2.66. The van der Waals surface area contributed by atoms with Crippen LogP contribution in [-0.2, 0) is 16.1 Å². The first kappa shape index (κ1) is 16.8. The van der Waals surface area contributed by atoms with Crippen LogP contribution in [0, 0.1) is 0 Å². The van der Waals surface area contributed by atoms with Gasteiger partial charge in [-0.05, 0) is 5.56 Å². The Bertz CT molecular complexity index is 476. The van der Waals surface area contributed by atoms with E-state index in [1.54, 1.807) is 30.3 Å². The molecule has 1 amide bonds. The molecule has 0 aliphatic heterocycles. The minimum absolute atomic E-state index is 0.0230. The monoisotopic (exact) mass is 305 g/mol. The lowest BCUT2D eigenvalue weighted by molar-refractivity contribution is -0.162. The zero-order valence-electron chi connectivity index (χ0n) is 11.0. The summed E-state index contributed by atoms with van der Waals surface area (Å²) < 4.78 is 40.2. The maximum absolute atomic E-state index is 12.0. The number of amides is 1. The van der Waals surface area contributed by atoms with E-state index < -0.39 is 24.8 Å². The second-order valence-electron chi connectivity index (χ2n) is 4.22. The van der Waals surface area contributed by atoms with Crippen LogP contribution in [0.3, 0.4) is 0 Å². The molecule has 0 radical (unpaired) electrons. The van der Waals surface area contributed by atoms with Crippen molar-refractivity contribution in [3.05, 3.63) is 35.9 Å². The van der Waals surface area contributed by atoms with E-state index in [1.807, 2.05) is 0 Å². The van der Waals surface area contributed by atoms with Gasteiger partial charge < -0.3 is 14.7 Å². The maximum atomic E-state index is 12.0. The average Bonchev–Trinajstić information content (AvgIpc) is 2.41. The Kier molecular flexibility index (Phi) is 6.01. The van der Waals surface area contributed by atoms with E-state index in [0.717, 1.165) is 4.90 Å². The summed E-state index contributed by atoms with van der Waals surface area (Å²) in [6, 6.07) is 8.49. The third kappa shape index (κ3) is 7.19. The van der Waals surface area contributed by atoms with E-state index in [9.17, 15) is 22.8 Å². The topological polar surface area (TPSA) is 66.8 Å². The van der Waals surface area contributed by atoms with E-state index in [1.165, 1.54) is 0 Å². The fourth-order valence-electron chi connectivity index (χ4n) is 1.50. The molecule has 0 fully saturated rings. The predicted molar refractivity (Wildman–Crippen MR) is 66.5 cm³/mol. The Hall–Kier alpha value is -2.25. The van der Waals surface area contributed by atoms with Gasteiger partial charge in [0.25, 0.3) is 0 Å². The number of ether oxygens (including phenoxy) is 1. The summed E-state index contributed by atoms with van der Waals surface area (Å²) in [5, 5.41) is 8.61. The molecule has 1 rings (SSSR count). The highest BCUT2D eigenvalue weighted by Gasteiger charge is 2.30. The zero-order chi connectivity index (χ0) is 15.9. The number of carbonyl (C=O) groups excluding carboxylic acids is 1. The SMILES string of the molecule is O=C(O)CCN(Cc1ccccc1)C(=O)OCC(F)(F)F. The van der Waals surface area contributed by atoms with Crippen molar-refractivity contribution < 1.29 is 32.6 Å². The van der Waals surface area contributed by atoms with Crippen molar-refractivity contribution in [1.82, 2.24) is 4.90 Å². The van der Waals surface area contributed by atoms with Crippen LogP contribution < -0.4 is 0 Å². The van der Waals surface area contributed by atoms with Crippen molar-refractivity contribution in [3.63, 3.8) is 0 Å². The fourth-order valence-corrected chi connectivity index (χ4v) is 1.50. The number of benzene rings is 1. The molecule has 0 aromatic heterocycles. The Morgan fingerprint density at radius 2 is 1.81 bits per heavy atom. The summed E-state index contributed by atoms with van der Waals surface area (Å²) in [6.07, 6.45) is -6.20. The van der Waals surface area contributed by atoms with Gasteiger partial charge in [0.1, 0.15) is 0 Å². The highest BCUT2D eigenvalue weighted by atomic mass is 19.4. The highest BCUT2D eigenvalue weighted by molar-refractivity contribution is 5.70. The van der Waals surface area contributed by atoms with Gasteiger partial charge in [-0.1, -0.05) is 30.3 Å². The Labute approximate surface area is 118 Å². The normalized spacial score (nSPS) is 11.0. The zero-order valence-corrected chi connectivity index (χ0v) is 11.0. The summed E-state index contributed by atoms with van der Waals surface area (Å²) >= 11 is 0. The largest absolute Gasteiger partial charge is 0.481 e. The van der Waals surface area contributed by atoms with E-state index >= 15 is 0 Å². The second kappa shape index (κ2) is 7.51. The number of halogens is 3. The Balaban J connectivity index is 2.67. The van der Waals surface area contributed by atoms with Crippen LogP contribution in [-0.4, -0.2) is 41.4 Å². The van der Waals surface area contributed by atoms with Crippen LogP contribution in [0.2, 0.25) is 0 Å². The molecule has 0 aliphatic carbocycles. The molecule has 0 saturated carbocycles. The lowest BCUT2D eigenvalue weighted by Crippen LogP contribution is -2.35. The third-order valence-electron chi connectivity index (χ3n) is 2.43. The van der Waals surface area contributed by atoms with Gasteiger partial charge in [0.15, 0.2) is 6.61 Å². The molecule has 0 saturated heterocycles. The molecular formula is C13H14F3NO4. The fraction of sp³-hybridized carbons (Fsp3) is 0.385. The van der Waals surface area contributed by atoms with Crippen molar-refractivity contribution in [2.24, 2.45) is 0 Å². The first-order chi connectivity index (χ1) is 9.78. The van der Waals surface area contributed by atoms with Crippen molar-refractivity contribution in [3.8, 4) is 0 Å². The van der Waals surface area contributed by atoms with E-state index in [4.69, 9.17) is 5.11 Å². The van der Waals surface area contributed by atoms with Crippen LogP contribution in [0.1, 0.15) is 12.0 Å². The molecule has 8 heteroatoms. The van der Waals surface area contributed by atoms with Crippen molar-refractivity contribution in [1.29, 1.82) is 0 Å². The maximum Gasteiger partial charge on any atom is 0.422 e. The van der Waals surface area contributed by atoms with Crippen molar-refractivity contribution in [2.75, 3.05) is 13.2 Å². The van der Waals surface area contributed by atoms with Gasteiger partial charge in [-0.2, -0.15) is 13.2 Å². The van der Waals surface area contributed by atoms with E-state index in [2.05, 4.69) is 4.74 Å². The van der Waals surface area contributed by atoms with E-state index in [0.29, 0.717) is 5.56 Å². The summed E-state index contributed by atoms with van der Waals surface area (Å²) in [5.41, 5.74) is 0.659. The van der Waals surface area contributed by atoms with Gasteiger partial charge in [0.05, 0.1) is 6.42 Å². The second-order valence-corrected chi connectivity index (χ2v) is 4.22. The number of alkyl halides is 3. The number of nitrogens with zero attached hydrogens (tertiary/aromatic N) is 1. The first-order valence-corrected chi connectivity index (χ1v) is 6.02. The highest BCUT2D eigenvalue weighted by Crippen LogP contribution is 2.16. The van der Waals surface area contributed by atoms with Crippen molar-refractivity contribution >= 4 is 12.1 Å². The molecule has 0 spiro atoms. The molecule has 5 nitrogen and oxygen atoms in total. The van der Waals surface area contributed by atoms with Crippen molar-refractivity contribution in [2.45, 2.75) is 19.1 Å². The average molecular weight is 305 g/mol. The summed E-state index contributed by atoms with van der Waals surface area (Å²) in [4.78, 5) is 23.1. The summed E-state index contributed by atoms with van der Waals surface area (Å²) in [5.74, 6) is -1.16. The standard InChI is InChI=1S/C13H14F3NO4/c14-13(15,16)9-21-12(20)17(7-6-11(18)19)8-10-4-2-1-3-5-10/h1-5H,6-9H2,(H,18,19). The number of hydrogen-bond acceptors (Lipinski definition) is 3. The lowest BCUT2D eigenvalue weighted by Gasteiger charge is -2.22. The molecule has 116 valence electrons. The molecule has 1 N–H and O–H groups in total. The number of rotatable bonds is 6. The van der Waals surface area contributed by atoms with Gasteiger partial charge in [0, 0.05) is 13.1 Å². The van der Waals surface area contributed by atoms with Crippen LogP contribution >= 0.6 is 0 Å². The Morgan fingerprint density at radius 3 is 2.33 bits per heavy atom. The molecule has 0 bridgehead atoms. The van der Waals surface area contributed by atoms with Gasteiger partial charge in [0.2, 0.25) is 0 Å². The quantitative estimate of drug-likeness (QED) is 0.877. The van der Waals surface area contributed by atoms with Gasteiger partial charge in [-0.15, -0.1) is 0 Å². The minimum Gasteiger partial charge on any atom is -0.481 e. The lowest BCUT2D eigenvalue weighted by atomic mass is 10.2. The van der Waals surface area contributed by atoms with Gasteiger partial charge in [-0.25, -0.2) is 4.79 Å². The van der Waals surface area contributed by atoms with E-state index in [-0.39, 0.29) is 19.5 Å². The number of carboxylic acid groups (broad SMARTS) is 1. The molecule has 21 heavy (non-hydrogen) atoms. The smallest absolute Gasteiger partial charge is 0.422 e. The van der Waals surface area contributed by atoms with Crippen LogP contribution in [0.5, 0.6) is 0 Å². The number of carbonyl (C=O) groups is 2. The Morgan fingerprint density at radius 1 is 1.19 bits per heavy atom. The summed E-state index contributed by atoms with van der Waals surface area (Å²) in [7, 11) is 0. The van der Waals surface area contributed by atoms with Gasteiger partial charge in [-0.3, -0.25) is 4.79 Å². The molecule has 1 aromatic rings. The summed E-state index contributed by atoms with van der Waals surface area (Å²) in [6.45, 7) is -1.96. The molecule has 0 unspecified atom stereocenters. The number of aliphatic carboxylic acids is 1. The van der Waals surface area contributed by atoms with Crippen LogP contribution in [0.4, 0.5) is 18.0 Å². The van der Waals surface area contributed by atoms with Gasteiger partial charge >= 0.3 is 18.2 Å². The first-order valence-electron chi connectivity index (χ1n) is 6.02. The van der Waals surface area contributed by atoms with Crippen LogP contribution in [0.25, 0.3) is 0 Å². The molecule has 0 heterocycles. The minimum atomic E-state index is -4.62. The molecular weight excluding hydrogens is 291 g/mol. The van der Waals surface area contributed by atoms with Crippen LogP contribution in [0.15, 0.2) is 30.3 Å².